The molecule has 2 aromatic rings. The van der Waals surface area contributed by atoms with Gasteiger partial charge in [-0.15, -0.1) is 11.8 Å². The minimum atomic E-state index is -0.148. The van der Waals surface area contributed by atoms with E-state index in [1.165, 1.54) is 0 Å². The number of rotatable bonds is 3. The predicted octanol–water partition coefficient (Wildman–Crippen LogP) is 4.78. The zero-order chi connectivity index (χ0) is 15.7. The van der Waals surface area contributed by atoms with Gasteiger partial charge in [0.2, 0.25) is 5.91 Å². The van der Waals surface area contributed by atoms with E-state index in [1.54, 1.807) is 35.9 Å². The molecular weight excluding hydrogens is 341 g/mol. The molecule has 114 valence electrons. The van der Waals surface area contributed by atoms with Gasteiger partial charge in [-0.1, -0.05) is 29.3 Å². The lowest BCUT2D eigenvalue weighted by atomic mass is 10.2. The molecule has 3 nitrogen and oxygen atoms in total. The second-order valence-electron chi connectivity index (χ2n) is 4.79. The Balaban J connectivity index is 1.98. The quantitative estimate of drug-likeness (QED) is 0.794. The van der Waals surface area contributed by atoms with E-state index in [2.05, 4.69) is 0 Å². The van der Waals surface area contributed by atoms with E-state index in [-0.39, 0.29) is 11.3 Å². The first kappa shape index (κ1) is 15.5. The largest absolute Gasteiger partial charge is 0.497 e. The van der Waals surface area contributed by atoms with Crippen LogP contribution < -0.4 is 9.64 Å². The number of halogens is 2. The van der Waals surface area contributed by atoms with Crippen molar-refractivity contribution in [2.45, 2.75) is 5.37 Å². The predicted molar refractivity (Wildman–Crippen MR) is 92.1 cm³/mol. The van der Waals surface area contributed by atoms with Gasteiger partial charge >= 0.3 is 0 Å². The molecule has 0 N–H and O–H groups in total. The highest BCUT2D eigenvalue weighted by Gasteiger charge is 2.35. The number of amides is 1. The van der Waals surface area contributed by atoms with Crippen LogP contribution in [-0.2, 0) is 4.79 Å². The zero-order valence-electron chi connectivity index (χ0n) is 11.8. The Morgan fingerprint density at radius 3 is 2.55 bits per heavy atom. The van der Waals surface area contributed by atoms with E-state index in [9.17, 15) is 4.79 Å². The van der Waals surface area contributed by atoms with E-state index in [0.29, 0.717) is 15.8 Å². The van der Waals surface area contributed by atoms with Crippen molar-refractivity contribution in [3.63, 3.8) is 0 Å². The summed E-state index contributed by atoms with van der Waals surface area (Å²) in [6.07, 6.45) is 0. The number of methoxy groups -OCH3 is 1. The van der Waals surface area contributed by atoms with Crippen molar-refractivity contribution in [2.75, 3.05) is 17.8 Å². The number of nitrogens with zero attached hydrogens (tertiary/aromatic N) is 1. The van der Waals surface area contributed by atoms with Crippen LogP contribution in [0.25, 0.3) is 0 Å². The van der Waals surface area contributed by atoms with E-state index in [0.717, 1.165) is 17.0 Å². The van der Waals surface area contributed by atoms with Gasteiger partial charge in [0.25, 0.3) is 0 Å². The third-order valence-corrected chi connectivity index (χ3v) is 5.20. The molecule has 1 heterocycles. The molecule has 22 heavy (non-hydrogen) atoms. The van der Waals surface area contributed by atoms with Gasteiger partial charge in [0.1, 0.15) is 11.1 Å². The minimum absolute atomic E-state index is 0.0613. The van der Waals surface area contributed by atoms with Gasteiger partial charge in [-0.3, -0.25) is 9.69 Å². The molecule has 6 heteroatoms. The van der Waals surface area contributed by atoms with Crippen LogP contribution in [0.1, 0.15) is 10.9 Å². The van der Waals surface area contributed by atoms with Crippen LogP contribution in [0.15, 0.2) is 42.5 Å². The maximum absolute atomic E-state index is 12.3. The topological polar surface area (TPSA) is 29.5 Å². The number of carbonyl (C=O) groups is 1. The molecule has 0 spiro atoms. The standard InChI is InChI=1S/C16H13Cl2NO2S/c1-21-12-5-3-11(4-6-12)19-15(20)9-22-16(19)13-7-2-10(17)8-14(13)18/h2-8,16H,9H2,1H3/t16-/m1/s1. The van der Waals surface area contributed by atoms with Gasteiger partial charge in [-0.05, 0) is 36.4 Å². The van der Waals surface area contributed by atoms with Crippen LogP contribution in [-0.4, -0.2) is 18.8 Å². The monoisotopic (exact) mass is 353 g/mol. The summed E-state index contributed by atoms with van der Waals surface area (Å²) in [5, 5.41) is 1.00. The van der Waals surface area contributed by atoms with Crippen LogP contribution in [0.5, 0.6) is 5.75 Å². The zero-order valence-corrected chi connectivity index (χ0v) is 14.1. The normalized spacial score (nSPS) is 17.9. The Bertz CT molecular complexity index is 706. The van der Waals surface area contributed by atoms with Crippen molar-refractivity contribution in [1.82, 2.24) is 0 Å². The molecule has 0 aliphatic carbocycles. The minimum Gasteiger partial charge on any atom is -0.497 e. The molecule has 0 saturated carbocycles. The number of ether oxygens (including phenoxy) is 1. The first-order valence-electron chi connectivity index (χ1n) is 6.63. The number of benzene rings is 2. The van der Waals surface area contributed by atoms with Gasteiger partial charge in [-0.25, -0.2) is 0 Å². The molecule has 1 saturated heterocycles. The highest BCUT2D eigenvalue weighted by molar-refractivity contribution is 8.00. The Morgan fingerprint density at radius 2 is 1.91 bits per heavy atom. The molecule has 0 aromatic heterocycles. The summed E-state index contributed by atoms with van der Waals surface area (Å²) in [5.74, 6) is 1.24. The number of hydrogen-bond donors (Lipinski definition) is 0. The highest BCUT2D eigenvalue weighted by Crippen LogP contribution is 2.44. The molecule has 1 atom stereocenters. The summed E-state index contributed by atoms with van der Waals surface area (Å²) in [6, 6.07) is 12.8. The van der Waals surface area contributed by atoms with Crippen molar-refractivity contribution in [3.05, 3.63) is 58.1 Å². The maximum Gasteiger partial charge on any atom is 0.238 e. The summed E-state index contributed by atoms with van der Waals surface area (Å²) in [6.45, 7) is 0. The lowest BCUT2D eigenvalue weighted by Crippen LogP contribution is -2.27. The van der Waals surface area contributed by atoms with E-state index < -0.39 is 0 Å². The summed E-state index contributed by atoms with van der Waals surface area (Å²) in [7, 11) is 1.61. The number of anilines is 1. The smallest absolute Gasteiger partial charge is 0.238 e. The first-order chi connectivity index (χ1) is 10.6. The SMILES string of the molecule is COc1ccc(N2C(=O)CS[C@@H]2c2ccc(Cl)cc2Cl)cc1. The summed E-state index contributed by atoms with van der Waals surface area (Å²) < 4.78 is 5.16. The highest BCUT2D eigenvalue weighted by atomic mass is 35.5. The maximum atomic E-state index is 12.3. The van der Waals surface area contributed by atoms with E-state index >= 15 is 0 Å². The first-order valence-corrected chi connectivity index (χ1v) is 8.43. The molecule has 3 rings (SSSR count). The fourth-order valence-corrected chi connectivity index (χ4v) is 4.17. The van der Waals surface area contributed by atoms with Crippen LogP contribution in [0.2, 0.25) is 10.0 Å². The second-order valence-corrected chi connectivity index (χ2v) is 6.70. The molecule has 0 bridgehead atoms. The molecule has 1 aliphatic heterocycles. The van der Waals surface area contributed by atoms with Crippen LogP contribution in [0, 0.1) is 0 Å². The average Bonchev–Trinajstić information content (AvgIpc) is 2.89. The molecule has 1 amide bonds. The lowest BCUT2D eigenvalue weighted by molar-refractivity contribution is -0.115. The van der Waals surface area contributed by atoms with Crippen molar-refractivity contribution in [3.8, 4) is 5.75 Å². The molecule has 1 fully saturated rings. The second kappa shape index (κ2) is 6.41. The van der Waals surface area contributed by atoms with Gasteiger partial charge in [0.05, 0.1) is 12.9 Å². The van der Waals surface area contributed by atoms with Gasteiger partial charge in [0, 0.05) is 21.3 Å². The molecule has 2 aromatic carbocycles. The van der Waals surface area contributed by atoms with Crippen LogP contribution >= 0.6 is 35.0 Å². The molecule has 1 aliphatic rings. The summed E-state index contributed by atoms with van der Waals surface area (Å²) in [4.78, 5) is 14.1. The van der Waals surface area contributed by atoms with E-state index in [1.807, 2.05) is 30.3 Å². The number of thioether (sulfide) groups is 1. The van der Waals surface area contributed by atoms with Gasteiger partial charge in [-0.2, -0.15) is 0 Å². The Kier molecular flexibility index (Phi) is 4.52. The molecule has 0 unspecified atom stereocenters. The fraction of sp³-hybridized carbons (Fsp3) is 0.188. The van der Waals surface area contributed by atoms with Gasteiger partial charge in [0.15, 0.2) is 0 Å². The van der Waals surface area contributed by atoms with Crippen molar-refractivity contribution >= 4 is 46.6 Å². The van der Waals surface area contributed by atoms with Gasteiger partial charge < -0.3 is 4.74 Å². The fourth-order valence-electron chi connectivity index (χ4n) is 2.38. The average molecular weight is 354 g/mol. The third-order valence-electron chi connectivity index (χ3n) is 3.45. The molecular formula is C16H13Cl2NO2S. The molecule has 0 radical (unpaired) electrons. The lowest BCUT2D eigenvalue weighted by Gasteiger charge is -2.25. The Hall–Kier alpha value is -1.36. The van der Waals surface area contributed by atoms with Crippen LogP contribution in [0.3, 0.4) is 0 Å². The van der Waals surface area contributed by atoms with Crippen LogP contribution in [0.4, 0.5) is 5.69 Å². The Morgan fingerprint density at radius 1 is 1.18 bits per heavy atom. The summed E-state index contributed by atoms with van der Waals surface area (Å²) in [5.41, 5.74) is 1.71. The van der Waals surface area contributed by atoms with Crippen molar-refractivity contribution in [2.24, 2.45) is 0 Å². The van der Waals surface area contributed by atoms with Crippen molar-refractivity contribution in [1.29, 1.82) is 0 Å². The Labute approximate surface area is 143 Å². The number of carbonyl (C=O) groups excluding carboxylic acids is 1. The van der Waals surface area contributed by atoms with E-state index in [4.69, 9.17) is 27.9 Å². The third kappa shape index (κ3) is 2.91. The van der Waals surface area contributed by atoms with Crippen molar-refractivity contribution < 1.29 is 9.53 Å². The number of hydrogen-bond acceptors (Lipinski definition) is 3. The summed E-state index contributed by atoms with van der Waals surface area (Å²) >= 11 is 13.8.